The largest absolute Gasteiger partial charge is 0.481 e. The number of carboxylic acid groups (broad SMARTS) is 1. The van der Waals surface area contributed by atoms with Gasteiger partial charge >= 0.3 is 12.0 Å². The number of hydrogen-bond acceptors (Lipinski definition) is 3. The Morgan fingerprint density at radius 3 is 2.56 bits per heavy atom. The molecule has 0 aromatic heterocycles. The molecule has 7 heteroatoms. The number of rotatable bonds is 4. The predicted molar refractivity (Wildman–Crippen MR) is 103 cm³/mol. The van der Waals surface area contributed by atoms with Crippen molar-refractivity contribution in [3.8, 4) is 0 Å². The SMILES string of the molecule is CC1CC(C(=O)O)CN(C(=O)NCC2(c3ccc(Cl)cc3)CCOCC2)C1. The third kappa shape index (κ3) is 4.74. The van der Waals surface area contributed by atoms with E-state index in [9.17, 15) is 14.7 Å². The number of carbonyl (C=O) groups excluding carboxylic acids is 1. The van der Waals surface area contributed by atoms with Crippen LogP contribution in [0.4, 0.5) is 4.79 Å². The van der Waals surface area contributed by atoms with Gasteiger partial charge in [0.25, 0.3) is 0 Å². The molecule has 6 nitrogen and oxygen atoms in total. The van der Waals surface area contributed by atoms with Crippen molar-refractivity contribution in [2.24, 2.45) is 11.8 Å². The second-order valence-electron chi connectivity index (χ2n) is 7.84. The zero-order valence-electron chi connectivity index (χ0n) is 15.6. The highest BCUT2D eigenvalue weighted by atomic mass is 35.5. The first-order valence-corrected chi connectivity index (χ1v) is 9.87. The van der Waals surface area contributed by atoms with E-state index >= 15 is 0 Å². The van der Waals surface area contributed by atoms with E-state index in [0.29, 0.717) is 37.7 Å². The van der Waals surface area contributed by atoms with Crippen LogP contribution < -0.4 is 5.32 Å². The Hall–Kier alpha value is -1.79. The van der Waals surface area contributed by atoms with E-state index in [1.165, 1.54) is 0 Å². The fraction of sp³-hybridized carbons (Fsp3) is 0.600. The minimum Gasteiger partial charge on any atom is -0.481 e. The van der Waals surface area contributed by atoms with E-state index in [-0.39, 0.29) is 23.9 Å². The van der Waals surface area contributed by atoms with Gasteiger partial charge < -0.3 is 20.1 Å². The second-order valence-corrected chi connectivity index (χ2v) is 8.28. The second kappa shape index (κ2) is 8.48. The summed E-state index contributed by atoms with van der Waals surface area (Å²) in [6.07, 6.45) is 2.26. The van der Waals surface area contributed by atoms with Gasteiger partial charge in [0.2, 0.25) is 0 Å². The molecule has 148 valence electrons. The lowest BCUT2D eigenvalue weighted by Gasteiger charge is -2.39. The van der Waals surface area contributed by atoms with Gasteiger partial charge in [0.1, 0.15) is 0 Å². The average Bonchev–Trinajstić information content (AvgIpc) is 2.67. The maximum atomic E-state index is 12.8. The molecule has 2 aliphatic rings. The van der Waals surface area contributed by atoms with E-state index < -0.39 is 11.9 Å². The van der Waals surface area contributed by atoms with Crippen LogP contribution in [-0.4, -0.2) is 54.9 Å². The number of nitrogens with zero attached hydrogens (tertiary/aromatic N) is 1. The smallest absolute Gasteiger partial charge is 0.317 e. The fourth-order valence-electron chi connectivity index (χ4n) is 4.19. The number of benzene rings is 1. The van der Waals surface area contributed by atoms with Crippen LogP contribution >= 0.6 is 11.6 Å². The maximum Gasteiger partial charge on any atom is 0.317 e. The number of amides is 2. The Labute approximate surface area is 164 Å². The van der Waals surface area contributed by atoms with Crippen molar-refractivity contribution in [2.75, 3.05) is 32.8 Å². The summed E-state index contributed by atoms with van der Waals surface area (Å²) in [4.78, 5) is 25.7. The highest BCUT2D eigenvalue weighted by Gasteiger charge is 2.37. The molecule has 1 aromatic carbocycles. The molecule has 0 radical (unpaired) electrons. The Bertz CT molecular complexity index is 673. The van der Waals surface area contributed by atoms with Crippen LogP contribution in [0.2, 0.25) is 5.02 Å². The lowest BCUT2D eigenvalue weighted by molar-refractivity contribution is -0.143. The van der Waals surface area contributed by atoms with Crippen molar-refractivity contribution in [3.63, 3.8) is 0 Å². The summed E-state index contributed by atoms with van der Waals surface area (Å²) in [7, 11) is 0. The number of halogens is 1. The van der Waals surface area contributed by atoms with Crippen LogP contribution in [0.3, 0.4) is 0 Å². The van der Waals surface area contributed by atoms with E-state index in [1.807, 2.05) is 31.2 Å². The number of urea groups is 1. The van der Waals surface area contributed by atoms with Crippen LogP contribution in [-0.2, 0) is 14.9 Å². The molecule has 0 bridgehead atoms. The monoisotopic (exact) mass is 394 g/mol. The quantitative estimate of drug-likeness (QED) is 0.822. The standard InChI is InChI=1S/C20H27ClN2O4/c1-14-10-15(18(24)25)12-23(11-14)19(26)22-13-20(6-8-27-9-7-20)16-2-4-17(21)5-3-16/h2-5,14-15H,6-13H2,1H3,(H,22,26)(H,24,25). The normalized spacial score (nSPS) is 25.0. The molecule has 0 spiro atoms. The van der Waals surface area contributed by atoms with Crippen molar-refractivity contribution in [1.82, 2.24) is 10.2 Å². The van der Waals surface area contributed by atoms with Gasteiger partial charge in [-0.05, 0) is 42.9 Å². The Balaban J connectivity index is 1.69. The lowest BCUT2D eigenvalue weighted by atomic mass is 9.74. The zero-order valence-corrected chi connectivity index (χ0v) is 16.4. The first kappa shape index (κ1) is 20.0. The number of ether oxygens (including phenoxy) is 1. The van der Waals surface area contributed by atoms with E-state index in [4.69, 9.17) is 16.3 Å². The third-order valence-electron chi connectivity index (χ3n) is 5.78. The summed E-state index contributed by atoms with van der Waals surface area (Å²) in [5.41, 5.74) is 0.956. The molecule has 2 saturated heterocycles. The molecule has 2 N–H and O–H groups in total. The van der Waals surface area contributed by atoms with Gasteiger partial charge in [-0.2, -0.15) is 0 Å². The number of likely N-dealkylation sites (tertiary alicyclic amines) is 1. The summed E-state index contributed by atoms with van der Waals surface area (Å²) in [6, 6.07) is 7.60. The van der Waals surface area contributed by atoms with E-state index in [0.717, 1.165) is 18.4 Å². The summed E-state index contributed by atoms with van der Waals surface area (Å²) < 4.78 is 5.53. The van der Waals surface area contributed by atoms with Crippen molar-refractivity contribution in [2.45, 2.75) is 31.6 Å². The molecule has 2 aliphatic heterocycles. The lowest BCUT2D eigenvalue weighted by Crippen LogP contribution is -2.52. The Kier molecular flexibility index (Phi) is 6.27. The van der Waals surface area contributed by atoms with Crippen LogP contribution in [0.1, 0.15) is 31.7 Å². The minimum atomic E-state index is -0.832. The van der Waals surface area contributed by atoms with Gasteiger partial charge in [-0.3, -0.25) is 4.79 Å². The van der Waals surface area contributed by atoms with Crippen LogP contribution in [0.15, 0.2) is 24.3 Å². The summed E-state index contributed by atoms with van der Waals surface area (Å²) in [6.45, 7) is 4.65. The molecule has 27 heavy (non-hydrogen) atoms. The first-order chi connectivity index (χ1) is 12.9. The molecule has 0 saturated carbocycles. The molecule has 0 aliphatic carbocycles. The van der Waals surface area contributed by atoms with Crippen LogP contribution in [0.5, 0.6) is 0 Å². The number of hydrogen-bond donors (Lipinski definition) is 2. The molecule has 2 atom stereocenters. The predicted octanol–water partition coefficient (Wildman–Crippen LogP) is 3.14. The molecular formula is C20H27ClN2O4. The van der Waals surface area contributed by atoms with Gasteiger partial charge in [0.15, 0.2) is 0 Å². The number of nitrogens with one attached hydrogen (secondary N) is 1. The van der Waals surface area contributed by atoms with E-state index in [1.54, 1.807) is 4.90 Å². The third-order valence-corrected chi connectivity index (χ3v) is 6.03. The maximum absolute atomic E-state index is 12.8. The van der Waals surface area contributed by atoms with Gasteiger partial charge in [-0.1, -0.05) is 30.7 Å². The topological polar surface area (TPSA) is 78.9 Å². The van der Waals surface area contributed by atoms with Crippen LogP contribution in [0, 0.1) is 11.8 Å². The van der Waals surface area contributed by atoms with Crippen molar-refractivity contribution in [3.05, 3.63) is 34.9 Å². The van der Waals surface area contributed by atoms with Crippen LogP contribution in [0.25, 0.3) is 0 Å². The van der Waals surface area contributed by atoms with E-state index in [2.05, 4.69) is 5.32 Å². The number of piperidine rings is 1. The molecule has 3 rings (SSSR count). The van der Waals surface area contributed by atoms with Gasteiger partial charge in [0, 0.05) is 43.3 Å². The van der Waals surface area contributed by atoms with Crippen molar-refractivity contribution < 1.29 is 19.4 Å². The first-order valence-electron chi connectivity index (χ1n) is 9.49. The van der Waals surface area contributed by atoms with Gasteiger partial charge in [-0.15, -0.1) is 0 Å². The Morgan fingerprint density at radius 1 is 1.26 bits per heavy atom. The zero-order chi connectivity index (χ0) is 19.4. The average molecular weight is 395 g/mol. The van der Waals surface area contributed by atoms with Crippen molar-refractivity contribution >= 4 is 23.6 Å². The molecule has 2 unspecified atom stereocenters. The minimum absolute atomic E-state index is 0.180. The summed E-state index contributed by atoms with van der Waals surface area (Å²) >= 11 is 6.03. The van der Waals surface area contributed by atoms with Gasteiger partial charge in [0.05, 0.1) is 5.92 Å². The summed E-state index contributed by atoms with van der Waals surface area (Å²) in [5, 5.41) is 13.1. The fourth-order valence-corrected chi connectivity index (χ4v) is 4.31. The number of aliphatic carboxylic acids is 1. The Morgan fingerprint density at radius 2 is 1.93 bits per heavy atom. The highest BCUT2D eigenvalue weighted by Crippen LogP contribution is 2.35. The van der Waals surface area contributed by atoms with Gasteiger partial charge in [-0.25, -0.2) is 4.79 Å². The summed E-state index contributed by atoms with van der Waals surface area (Å²) in [5.74, 6) is -1.15. The molecule has 2 heterocycles. The number of carbonyl (C=O) groups is 2. The molecule has 2 fully saturated rings. The molecule has 1 aromatic rings. The van der Waals surface area contributed by atoms with Crippen molar-refractivity contribution in [1.29, 1.82) is 0 Å². The number of carboxylic acids is 1. The highest BCUT2D eigenvalue weighted by molar-refractivity contribution is 6.30. The molecule has 2 amide bonds. The molecular weight excluding hydrogens is 368 g/mol.